The first-order valence-electron chi connectivity index (χ1n) is 40.3. The minimum absolute atomic E-state index is 0.00454. The van der Waals surface area contributed by atoms with Crippen LogP contribution in [0.25, 0.3) is 97.0 Å². The average molecular weight is 2020 g/mol. The quantitative estimate of drug-likeness (QED) is 0.0446. The van der Waals surface area contributed by atoms with Crippen molar-refractivity contribution in [3.63, 3.8) is 0 Å². The first-order valence-corrected chi connectivity index (χ1v) is 42.2. The lowest BCUT2D eigenvalue weighted by Crippen LogP contribution is -2.03. The summed E-state index contributed by atoms with van der Waals surface area (Å²) in [6.07, 6.45) is 0. The number of aromatic carboxylic acids is 9. The number of rotatable bonds is 10. The summed E-state index contributed by atoms with van der Waals surface area (Å²) in [6.45, 7) is 5.97. The van der Waals surface area contributed by atoms with Crippen LogP contribution in [0.2, 0.25) is 15.1 Å². The van der Waals surface area contributed by atoms with Gasteiger partial charge in [0.2, 0.25) is 12.5 Å². The number of nitro benzene ring substituents is 1. The second-order valence-corrected chi connectivity index (χ2v) is 32.4. The number of carbonyl (C=O) groups is 9. The Morgan fingerprint density at radius 3 is 1.11 bits per heavy atom. The molecule has 0 radical (unpaired) electrons. The van der Waals surface area contributed by atoms with Gasteiger partial charge >= 0.3 is 59.4 Å². The number of aromatic hydroxyl groups is 10. The summed E-state index contributed by atoms with van der Waals surface area (Å²) in [5, 5.41) is 199. The molecule has 18 aromatic carbocycles. The molecule has 0 bridgehead atoms. The number of fused-ring (bicyclic) bond motifs is 10. The van der Waals surface area contributed by atoms with E-state index in [2.05, 4.69) is 15.9 Å². The van der Waals surface area contributed by atoms with Gasteiger partial charge in [-0.2, -0.15) is 0 Å². The predicted molar refractivity (Wildman–Crippen MR) is 525 cm³/mol. The van der Waals surface area contributed by atoms with Crippen molar-refractivity contribution >= 4 is 207 Å². The molecule has 1 aliphatic heterocycles. The van der Waals surface area contributed by atoms with Crippen molar-refractivity contribution in [3.8, 4) is 69.0 Å². The van der Waals surface area contributed by atoms with Crippen molar-refractivity contribution in [2.24, 2.45) is 0 Å². The van der Waals surface area contributed by atoms with E-state index in [0.29, 0.717) is 102 Å². The first-order chi connectivity index (χ1) is 66.2. The van der Waals surface area contributed by atoms with Crippen LogP contribution in [-0.4, -0.2) is 162 Å². The highest BCUT2D eigenvalue weighted by Gasteiger charge is 2.28. The summed E-state index contributed by atoms with van der Waals surface area (Å²) in [7, 11) is 0. The number of nitrogens with zero attached hydrogens (tertiary/aromatic N) is 1. The van der Waals surface area contributed by atoms with Crippen molar-refractivity contribution < 1.29 is 155 Å². The van der Waals surface area contributed by atoms with E-state index in [1.165, 1.54) is 91.0 Å². The van der Waals surface area contributed by atoms with Crippen LogP contribution in [0.5, 0.6) is 69.0 Å². The maximum absolute atomic E-state index is 10.9. The van der Waals surface area contributed by atoms with Crippen LogP contribution in [0, 0.1) is 30.9 Å². The topological polar surface area (TPSA) is 600 Å². The fraction of sp³-hybridized carbons (Fsp3) is 0.0388. The van der Waals surface area contributed by atoms with E-state index < -0.39 is 75.6 Å². The molecule has 0 aliphatic carbocycles. The van der Waals surface area contributed by atoms with Gasteiger partial charge in [0, 0.05) is 53.1 Å². The van der Waals surface area contributed by atoms with Crippen molar-refractivity contribution in [2.45, 2.75) is 20.8 Å². The molecule has 0 spiro atoms. The number of hydrogen-bond donors (Lipinski definition) is 19. The second-order valence-electron chi connectivity index (χ2n) is 30.4. The standard InChI is InChI=1S/C13H12O3.C12H8O5.C12H10O3.C11H7BrO3.3C11H7ClO3.C11H7NO5.C11H8O4/c1-7-3-9-5-10(13(15)16)6-12(14)11(9)4-8(7)2;13-9-2-7(12(14)15)1-6-3-10-11(4-8(6)9)17-5-16-10;1-7-2-3-10-8(4-7)5-9(12(14)15)6-11(10)13;12-9-8(11(14)15)5-6-3-1-2-4-7(6)10(9)13;12-8-1-2-9-6(4-8)3-7(11(14)15)5-10(9)13;12-8-2-1-6-3-7(11(14)15)4-10(13)9(6)5-8;12-8-3-1-2-6-4-7(11(14)15)5-9(13)10(6)8;13-10-7-4-2-1-3-6(7)5-8(11(14)15)9(10)12(16)17;12-8-3-1-2-6-4-7(11(14)15)5-9(13)10(6)8/h3-6,14H,1-2H3,(H,15,16);1-4,13H,5H2,(H,14,15);2-6,13H,1H3,(H,14,15);4*1-5,13H,(H,14,15);1-5,13H,(H,14,15);1-5,12-13H,(H,14,15). The molecule has 0 unspecified atom stereocenters. The zero-order valence-electron chi connectivity index (χ0n) is 72.3. The lowest BCUT2D eigenvalue weighted by atomic mass is 10.00. The molecule has 33 nitrogen and oxygen atoms in total. The molecular weight excluding hydrogens is 1950 g/mol. The van der Waals surface area contributed by atoms with Crippen LogP contribution < -0.4 is 9.47 Å². The van der Waals surface area contributed by atoms with Gasteiger partial charge in [-0.25, -0.2) is 43.2 Å². The highest BCUT2D eigenvalue weighted by Crippen LogP contribution is 2.43. The smallest absolute Gasteiger partial charge is 0.342 e. The van der Waals surface area contributed by atoms with E-state index in [0.717, 1.165) is 33.5 Å². The second kappa shape index (κ2) is 43.9. The Hall–Kier alpha value is -18.1. The number of aryl methyl sites for hydroxylation is 3. The molecule has 0 saturated carbocycles. The molecule has 0 fully saturated rings. The summed E-state index contributed by atoms with van der Waals surface area (Å²) >= 11 is 20.5. The van der Waals surface area contributed by atoms with Crippen LogP contribution in [0.15, 0.2) is 265 Å². The molecular formula is C103H73BrCl3NO32. The number of hydrogen-bond acceptors (Lipinski definition) is 23. The monoisotopic (exact) mass is 2020 g/mol. The normalized spacial score (nSPS) is 10.8. The van der Waals surface area contributed by atoms with Crippen LogP contribution >= 0.6 is 50.7 Å². The largest absolute Gasteiger partial charge is 0.507 e. The fourth-order valence-corrected chi connectivity index (χ4v) is 15.3. The SMILES string of the molecule is Cc1cc2cc(C(=O)O)cc(O)c2cc1C.Cc1ccc2c(O)cc(C(=O)O)cc2c1.O=C(O)c1cc(O)c2c(Cl)cccc2c1.O=C(O)c1cc(O)c2c(O)cccc2c1.O=C(O)c1cc(O)c2cc(Cl)ccc2c1.O=C(O)c1cc(O)c2cc3c(cc2c1)OCO3.O=C(O)c1cc(O)c2ccc(Cl)cc2c1.O=C(O)c1cc2ccccc2c(O)c1Br.O=C(O)c1cc2ccccc2c(O)c1[N+](=O)[O-]. The van der Waals surface area contributed by atoms with E-state index >= 15 is 0 Å². The first kappa shape index (κ1) is 102. The summed E-state index contributed by atoms with van der Waals surface area (Å²) in [5.74, 6) is -10.2. The molecule has 19 N–H and O–H groups in total. The Labute approximate surface area is 810 Å². The van der Waals surface area contributed by atoms with Gasteiger partial charge in [0.1, 0.15) is 57.3 Å². The third kappa shape index (κ3) is 24.1. The minimum Gasteiger partial charge on any atom is -0.507 e. The van der Waals surface area contributed by atoms with E-state index in [1.54, 1.807) is 140 Å². The molecule has 0 aromatic heterocycles. The highest BCUT2D eigenvalue weighted by molar-refractivity contribution is 9.10. The molecule has 1 heterocycles. The van der Waals surface area contributed by atoms with E-state index in [1.807, 2.05) is 45.0 Å². The Morgan fingerprint density at radius 2 is 0.636 bits per heavy atom. The maximum atomic E-state index is 10.9. The van der Waals surface area contributed by atoms with Gasteiger partial charge in [-0.3, -0.25) is 10.1 Å². The number of phenols is 10. The van der Waals surface area contributed by atoms with Crippen molar-refractivity contribution in [2.75, 3.05) is 6.79 Å². The van der Waals surface area contributed by atoms with E-state index in [9.17, 15) is 104 Å². The third-order valence-corrected chi connectivity index (χ3v) is 22.6. The molecule has 18 aromatic rings. The minimum atomic E-state index is -1.45. The summed E-state index contributed by atoms with van der Waals surface area (Å²) in [5.41, 5.74) is 2.32. The molecule has 37 heteroatoms. The van der Waals surface area contributed by atoms with Gasteiger partial charge < -0.3 is 106 Å². The highest BCUT2D eigenvalue weighted by atomic mass is 79.9. The van der Waals surface area contributed by atoms with E-state index in [4.69, 9.17) is 90.2 Å². The molecule has 0 atom stereocenters. The zero-order chi connectivity index (χ0) is 102. The van der Waals surface area contributed by atoms with Crippen LogP contribution in [-0.2, 0) is 0 Å². The van der Waals surface area contributed by atoms with Crippen LogP contribution in [0.4, 0.5) is 5.69 Å². The molecule has 140 heavy (non-hydrogen) atoms. The van der Waals surface area contributed by atoms with Crippen molar-refractivity contribution in [1.29, 1.82) is 0 Å². The van der Waals surface area contributed by atoms with Gasteiger partial charge in [-0.05, 0) is 254 Å². The van der Waals surface area contributed by atoms with E-state index in [-0.39, 0.29) is 118 Å². The van der Waals surface area contributed by atoms with Crippen molar-refractivity contribution in [3.05, 3.63) is 357 Å². The van der Waals surface area contributed by atoms with Gasteiger partial charge in [0.15, 0.2) is 11.5 Å². The average Bonchev–Trinajstić information content (AvgIpc) is 1.30. The Kier molecular flexibility index (Phi) is 32.1. The number of nitro groups is 1. The lowest BCUT2D eigenvalue weighted by Gasteiger charge is -2.07. The predicted octanol–water partition coefficient (Wildman–Crippen LogP) is 23.2. The lowest BCUT2D eigenvalue weighted by molar-refractivity contribution is -0.386. The van der Waals surface area contributed by atoms with Gasteiger partial charge in [-0.1, -0.05) is 143 Å². The molecule has 710 valence electrons. The van der Waals surface area contributed by atoms with Gasteiger partial charge in [0.05, 0.1) is 64.3 Å². The summed E-state index contributed by atoms with van der Waals surface area (Å²) in [4.78, 5) is 107. The molecule has 1 aliphatic rings. The Morgan fingerprint density at radius 1 is 0.293 bits per heavy atom. The molecule has 0 amide bonds. The molecule has 0 saturated heterocycles. The number of ether oxygens (including phenoxy) is 2. The number of phenolic OH excluding ortho intramolecular Hbond substituents is 10. The third-order valence-electron chi connectivity index (χ3n) is 21.0. The molecule has 19 rings (SSSR count). The van der Waals surface area contributed by atoms with Crippen LogP contribution in [0.3, 0.4) is 0 Å². The van der Waals surface area contributed by atoms with Gasteiger partial charge in [-0.15, -0.1) is 0 Å². The fourth-order valence-electron chi connectivity index (χ4n) is 14.2. The van der Waals surface area contributed by atoms with Crippen LogP contribution in [0.1, 0.15) is 110 Å². The van der Waals surface area contributed by atoms with Crippen molar-refractivity contribution in [1.82, 2.24) is 0 Å². The number of benzene rings is 18. The number of carboxylic acids is 9. The zero-order valence-corrected chi connectivity index (χ0v) is 76.2. The number of carboxylic acid groups (broad SMARTS) is 9. The summed E-state index contributed by atoms with van der Waals surface area (Å²) < 4.78 is 10.6. The summed E-state index contributed by atoms with van der Waals surface area (Å²) in [6, 6.07) is 67.1. The Balaban J connectivity index is 0.000000151. The number of halogens is 4. The van der Waals surface area contributed by atoms with Gasteiger partial charge in [0.25, 0.3) is 0 Å². The maximum Gasteiger partial charge on any atom is 0.342 e. The Bertz CT molecular complexity index is 7890.